The molecule has 0 heterocycles. The third-order valence-corrected chi connectivity index (χ3v) is 4.03. The lowest BCUT2D eigenvalue weighted by Crippen LogP contribution is -2.30. The van der Waals surface area contributed by atoms with Gasteiger partial charge in [0.15, 0.2) is 0 Å². The fourth-order valence-electron chi connectivity index (χ4n) is 3.11. The van der Waals surface area contributed by atoms with Crippen LogP contribution in [0.15, 0.2) is 24.3 Å². The Labute approximate surface area is 103 Å². The summed E-state index contributed by atoms with van der Waals surface area (Å²) in [4.78, 5) is 0. The first-order valence-electron chi connectivity index (χ1n) is 6.61. The zero-order valence-corrected chi connectivity index (χ0v) is 10.7. The Morgan fingerprint density at radius 3 is 2.76 bits per heavy atom. The molecule has 0 aromatic heterocycles. The lowest BCUT2D eigenvalue weighted by molar-refractivity contribution is 0.241. The van der Waals surface area contributed by atoms with Crippen LogP contribution in [-0.2, 0) is 0 Å². The van der Waals surface area contributed by atoms with E-state index in [1.807, 2.05) is 19.2 Å². The van der Waals surface area contributed by atoms with Gasteiger partial charge in [0.2, 0.25) is 0 Å². The van der Waals surface area contributed by atoms with Gasteiger partial charge in [0.1, 0.15) is 5.82 Å². The van der Waals surface area contributed by atoms with Crippen LogP contribution in [0.2, 0.25) is 0 Å². The number of benzene rings is 1. The first-order chi connectivity index (χ1) is 8.22. The Morgan fingerprint density at radius 1 is 1.29 bits per heavy atom. The molecule has 0 saturated heterocycles. The molecule has 1 aromatic rings. The van der Waals surface area contributed by atoms with Crippen LogP contribution in [0.1, 0.15) is 37.7 Å². The van der Waals surface area contributed by atoms with Crippen molar-refractivity contribution < 1.29 is 4.39 Å². The molecule has 1 fully saturated rings. The Bertz CT molecular complexity index is 364. The number of nitrogens with one attached hydrogen (secondary N) is 1. The van der Waals surface area contributed by atoms with E-state index >= 15 is 0 Å². The topological polar surface area (TPSA) is 12.0 Å². The molecular weight excluding hydrogens is 213 g/mol. The molecule has 2 heteroatoms. The zero-order chi connectivity index (χ0) is 12.3. The van der Waals surface area contributed by atoms with Gasteiger partial charge in [-0.25, -0.2) is 4.39 Å². The summed E-state index contributed by atoms with van der Waals surface area (Å²) in [6.07, 6.45) is 3.60. The van der Waals surface area contributed by atoms with E-state index < -0.39 is 0 Å². The van der Waals surface area contributed by atoms with Crippen molar-refractivity contribution in [3.8, 4) is 0 Å². The van der Waals surface area contributed by atoms with Crippen molar-refractivity contribution in [2.45, 2.75) is 32.1 Å². The second-order valence-corrected chi connectivity index (χ2v) is 5.36. The molecule has 3 atom stereocenters. The molecule has 17 heavy (non-hydrogen) atoms. The first-order valence-corrected chi connectivity index (χ1v) is 6.61. The van der Waals surface area contributed by atoms with Crippen molar-refractivity contribution in [3.63, 3.8) is 0 Å². The molecule has 1 aliphatic rings. The minimum absolute atomic E-state index is 0.0345. The van der Waals surface area contributed by atoms with Gasteiger partial charge in [-0.3, -0.25) is 0 Å². The molecule has 1 aliphatic carbocycles. The molecule has 2 rings (SSSR count). The van der Waals surface area contributed by atoms with E-state index in [-0.39, 0.29) is 5.82 Å². The third kappa shape index (κ3) is 2.86. The average Bonchev–Trinajstić information content (AvgIpc) is 2.32. The fraction of sp³-hybridized carbons (Fsp3) is 0.600. The molecule has 0 spiro atoms. The van der Waals surface area contributed by atoms with Crippen molar-refractivity contribution in [1.29, 1.82) is 0 Å². The summed E-state index contributed by atoms with van der Waals surface area (Å²) in [7, 11) is 1.98. The van der Waals surface area contributed by atoms with Crippen LogP contribution in [-0.4, -0.2) is 13.6 Å². The van der Waals surface area contributed by atoms with E-state index in [2.05, 4.69) is 12.2 Å². The summed E-state index contributed by atoms with van der Waals surface area (Å²) in [5.41, 5.74) is 0.916. The van der Waals surface area contributed by atoms with Crippen molar-refractivity contribution in [3.05, 3.63) is 35.6 Å². The Kier molecular flexibility index (Phi) is 4.16. The predicted octanol–water partition coefficient (Wildman–Crippen LogP) is 3.56. The summed E-state index contributed by atoms with van der Waals surface area (Å²) < 4.78 is 13.9. The normalized spacial score (nSPS) is 29.2. The molecule has 0 radical (unpaired) electrons. The van der Waals surface area contributed by atoms with Crippen LogP contribution in [0.5, 0.6) is 0 Å². The Morgan fingerprint density at radius 2 is 2.06 bits per heavy atom. The lowest BCUT2D eigenvalue weighted by atomic mass is 9.71. The molecular formula is C15H22FN. The van der Waals surface area contributed by atoms with Gasteiger partial charge in [0.05, 0.1) is 0 Å². The van der Waals surface area contributed by atoms with Gasteiger partial charge in [-0.2, -0.15) is 0 Å². The number of hydrogen-bond donors (Lipinski definition) is 1. The molecule has 0 aliphatic heterocycles. The van der Waals surface area contributed by atoms with Crippen LogP contribution in [0.3, 0.4) is 0 Å². The van der Waals surface area contributed by atoms with Crippen LogP contribution in [0.25, 0.3) is 0 Å². The summed E-state index contributed by atoms with van der Waals surface area (Å²) in [5.74, 6) is 1.64. The van der Waals surface area contributed by atoms with E-state index in [0.29, 0.717) is 17.8 Å². The first kappa shape index (κ1) is 12.6. The molecule has 1 aromatic carbocycles. The number of hydrogen-bond acceptors (Lipinski definition) is 1. The van der Waals surface area contributed by atoms with E-state index in [1.54, 1.807) is 12.1 Å². The minimum atomic E-state index is -0.0345. The van der Waals surface area contributed by atoms with Gasteiger partial charge in [-0.1, -0.05) is 31.5 Å². The summed E-state index contributed by atoms with van der Waals surface area (Å²) in [6.45, 7) is 3.27. The van der Waals surface area contributed by atoms with Gasteiger partial charge in [0, 0.05) is 0 Å². The van der Waals surface area contributed by atoms with Gasteiger partial charge in [-0.05, 0) is 55.8 Å². The standard InChI is InChI=1S/C15H22FN/c1-11-7-8-12(10-17-2)14(9-11)13-5-3-4-6-15(13)16/h3-6,11-12,14,17H,7-10H2,1-2H3. The van der Waals surface area contributed by atoms with Crippen LogP contribution in [0.4, 0.5) is 4.39 Å². The van der Waals surface area contributed by atoms with E-state index in [4.69, 9.17) is 0 Å². The Balaban J connectivity index is 2.22. The summed E-state index contributed by atoms with van der Waals surface area (Å²) >= 11 is 0. The number of rotatable bonds is 3. The molecule has 1 nitrogen and oxygen atoms in total. The second-order valence-electron chi connectivity index (χ2n) is 5.36. The third-order valence-electron chi connectivity index (χ3n) is 4.03. The molecule has 0 amide bonds. The van der Waals surface area contributed by atoms with Gasteiger partial charge in [0.25, 0.3) is 0 Å². The molecule has 3 unspecified atom stereocenters. The minimum Gasteiger partial charge on any atom is -0.319 e. The highest BCUT2D eigenvalue weighted by Crippen LogP contribution is 2.40. The quantitative estimate of drug-likeness (QED) is 0.844. The monoisotopic (exact) mass is 235 g/mol. The van der Waals surface area contributed by atoms with Gasteiger partial charge >= 0.3 is 0 Å². The molecule has 1 saturated carbocycles. The highest BCUT2D eigenvalue weighted by atomic mass is 19.1. The highest BCUT2D eigenvalue weighted by molar-refractivity contribution is 5.23. The SMILES string of the molecule is CNCC1CCC(C)CC1c1ccccc1F. The molecule has 0 bridgehead atoms. The van der Waals surface area contributed by atoms with E-state index in [1.165, 1.54) is 12.8 Å². The maximum Gasteiger partial charge on any atom is 0.126 e. The Hall–Kier alpha value is -0.890. The van der Waals surface area contributed by atoms with Gasteiger partial charge in [-0.15, -0.1) is 0 Å². The van der Waals surface area contributed by atoms with Gasteiger partial charge < -0.3 is 5.32 Å². The van der Waals surface area contributed by atoms with Crippen LogP contribution < -0.4 is 5.32 Å². The number of halogens is 1. The van der Waals surface area contributed by atoms with E-state index in [0.717, 1.165) is 18.5 Å². The van der Waals surface area contributed by atoms with Crippen molar-refractivity contribution in [2.24, 2.45) is 11.8 Å². The largest absolute Gasteiger partial charge is 0.319 e. The van der Waals surface area contributed by atoms with Crippen LogP contribution in [0, 0.1) is 17.7 Å². The highest BCUT2D eigenvalue weighted by Gasteiger charge is 2.30. The van der Waals surface area contributed by atoms with Crippen LogP contribution >= 0.6 is 0 Å². The maximum absolute atomic E-state index is 13.9. The van der Waals surface area contributed by atoms with Crippen molar-refractivity contribution >= 4 is 0 Å². The molecule has 94 valence electrons. The summed E-state index contributed by atoms with van der Waals surface area (Å²) in [6, 6.07) is 7.28. The average molecular weight is 235 g/mol. The van der Waals surface area contributed by atoms with Crippen molar-refractivity contribution in [2.75, 3.05) is 13.6 Å². The smallest absolute Gasteiger partial charge is 0.126 e. The fourth-order valence-corrected chi connectivity index (χ4v) is 3.11. The second kappa shape index (κ2) is 5.63. The maximum atomic E-state index is 13.9. The predicted molar refractivity (Wildman–Crippen MR) is 69.6 cm³/mol. The van der Waals surface area contributed by atoms with Crippen molar-refractivity contribution in [1.82, 2.24) is 5.32 Å². The van der Waals surface area contributed by atoms with E-state index in [9.17, 15) is 4.39 Å². The molecule has 1 N–H and O–H groups in total. The zero-order valence-electron chi connectivity index (χ0n) is 10.7. The lowest BCUT2D eigenvalue weighted by Gasteiger charge is -2.35. The summed E-state index contributed by atoms with van der Waals surface area (Å²) in [5, 5.41) is 3.25.